The van der Waals surface area contributed by atoms with E-state index in [4.69, 9.17) is 16.6 Å². The molecule has 2 atom stereocenters. The molecule has 24 heavy (non-hydrogen) atoms. The highest BCUT2D eigenvalue weighted by atomic mass is 35.5. The van der Waals surface area contributed by atoms with Crippen molar-refractivity contribution in [2.45, 2.75) is 32.1 Å². The molecule has 2 aromatic heterocycles. The van der Waals surface area contributed by atoms with Crippen LogP contribution in [0.2, 0.25) is 5.02 Å². The van der Waals surface area contributed by atoms with Gasteiger partial charge in [0.15, 0.2) is 0 Å². The molecule has 0 saturated carbocycles. The highest BCUT2D eigenvalue weighted by molar-refractivity contribution is 6.31. The first-order valence-electron chi connectivity index (χ1n) is 8.88. The van der Waals surface area contributed by atoms with Gasteiger partial charge >= 0.3 is 0 Å². The van der Waals surface area contributed by atoms with E-state index < -0.39 is 0 Å². The molecule has 0 radical (unpaired) electrons. The average Bonchev–Trinajstić information content (AvgIpc) is 2.97. The van der Waals surface area contributed by atoms with Crippen molar-refractivity contribution in [3.63, 3.8) is 0 Å². The fourth-order valence-electron chi connectivity index (χ4n) is 4.09. The van der Waals surface area contributed by atoms with E-state index in [1.165, 1.54) is 43.6 Å². The Balaban J connectivity index is 1.80. The Labute approximate surface area is 148 Å². The van der Waals surface area contributed by atoms with E-state index in [-0.39, 0.29) is 0 Å². The lowest BCUT2D eigenvalue weighted by Crippen LogP contribution is -2.20. The second kappa shape index (κ2) is 6.38. The van der Waals surface area contributed by atoms with E-state index in [2.05, 4.69) is 41.6 Å². The number of nitrogens with zero attached hydrogens (tertiary/aromatic N) is 3. The third-order valence-electron chi connectivity index (χ3n) is 5.58. The first kappa shape index (κ1) is 15.9. The zero-order valence-electron chi connectivity index (χ0n) is 14.4. The first-order chi connectivity index (χ1) is 11.6. The van der Waals surface area contributed by atoms with Crippen molar-refractivity contribution >= 4 is 28.2 Å². The Kier molecular flexibility index (Phi) is 4.23. The number of benzene rings is 1. The molecule has 1 aliphatic heterocycles. The molecule has 1 aromatic carbocycles. The van der Waals surface area contributed by atoms with Crippen LogP contribution in [0, 0.1) is 5.92 Å². The predicted molar refractivity (Wildman–Crippen MR) is 101 cm³/mol. The number of likely N-dealkylation sites (tertiary alicyclic amines) is 1. The van der Waals surface area contributed by atoms with Gasteiger partial charge in [0.05, 0.1) is 22.2 Å². The van der Waals surface area contributed by atoms with Gasteiger partial charge in [-0.15, -0.1) is 0 Å². The van der Waals surface area contributed by atoms with Crippen LogP contribution in [0.25, 0.3) is 16.6 Å². The molecule has 3 aromatic rings. The van der Waals surface area contributed by atoms with Crippen LogP contribution in [0.15, 0.2) is 36.5 Å². The third-order valence-corrected chi connectivity index (χ3v) is 5.82. The lowest BCUT2D eigenvalue weighted by atomic mass is 9.85. The quantitative estimate of drug-likeness (QED) is 0.655. The van der Waals surface area contributed by atoms with E-state index in [1.807, 2.05) is 18.2 Å². The summed E-state index contributed by atoms with van der Waals surface area (Å²) in [4.78, 5) is 7.50. The van der Waals surface area contributed by atoms with Gasteiger partial charge in [0.1, 0.15) is 0 Å². The Morgan fingerprint density at radius 3 is 2.92 bits per heavy atom. The number of rotatable bonds is 2. The minimum atomic E-state index is 0.467. The van der Waals surface area contributed by atoms with Gasteiger partial charge in [-0.25, -0.2) is 4.98 Å². The molecule has 0 aliphatic carbocycles. The SMILES string of the molecule is CC(c1nc2ccc(Cl)cc2n2cccc12)C1CCCN(C)CC1. The molecule has 126 valence electrons. The maximum atomic E-state index is 6.20. The van der Waals surface area contributed by atoms with Gasteiger partial charge in [0.2, 0.25) is 0 Å². The number of hydrogen-bond acceptors (Lipinski definition) is 2. The fraction of sp³-hybridized carbons (Fsp3) is 0.450. The second-order valence-corrected chi connectivity index (χ2v) is 7.61. The van der Waals surface area contributed by atoms with Gasteiger partial charge in [-0.1, -0.05) is 18.5 Å². The Morgan fingerprint density at radius 1 is 1.17 bits per heavy atom. The van der Waals surface area contributed by atoms with Crippen molar-refractivity contribution in [3.05, 3.63) is 47.2 Å². The normalized spacial score (nSPS) is 21.2. The smallest absolute Gasteiger partial charge is 0.0875 e. The predicted octanol–water partition coefficient (Wildman–Crippen LogP) is 4.98. The van der Waals surface area contributed by atoms with Gasteiger partial charge in [-0.3, -0.25) is 0 Å². The standard InChI is InChI=1S/C20H24ClN3/c1-14(15-5-3-10-23(2)12-9-15)20-18-6-4-11-24(18)19-13-16(21)7-8-17(19)22-20/h4,6-8,11,13-15H,3,5,9-10,12H2,1-2H3. The van der Waals surface area contributed by atoms with Crippen LogP contribution in [-0.2, 0) is 0 Å². The maximum absolute atomic E-state index is 6.20. The molecule has 3 heterocycles. The number of hydrogen-bond donors (Lipinski definition) is 0. The van der Waals surface area contributed by atoms with Gasteiger partial charge in [-0.05, 0) is 75.6 Å². The second-order valence-electron chi connectivity index (χ2n) is 7.18. The Morgan fingerprint density at radius 2 is 2.04 bits per heavy atom. The largest absolute Gasteiger partial charge is 0.313 e. The monoisotopic (exact) mass is 341 g/mol. The molecule has 1 fully saturated rings. The van der Waals surface area contributed by atoms with Crippen LogP contribution in [0.1, 0.15) is 37.8 Å². The summed E-state index contributed by atoms with van der Waals surface area (Å²) in [6.45, 7) is 4.76. The zero-order valence-corrected chi connectivity index (χ0v) is 15.1. The molecule has 4 heteroatoms. The summed E-state index contributed by atoms with van der Waals surface area (Å²) in [7, 11) is 2.23. The summed E-state index contributed by atoms with van der Waals surface area (Å²) in [6, 6.07) is 10.3. The van der Waals surface area contributed by atoms with Crippen LogP contribution in [0.4, 0.5) is 0 Å². The maximum Gasteiger partial charge on any atom is 0.0875 e. The molecule has 0 N–H and O–H groups in total. The van der Waals surface area contributed by atoms with Crippen molar-refractivity contribution in [1.29, 1.82) is 0 Å². The molecular weight excluding hydrogens is 318 g/mol. The van der Waals surface area contributed by atoms with Crippen LogP contribution >= 0.6 is 11.6 Å². The summed E-state index contributed by atoms with van der Waals surface area (Å²) in [5.74, 6) is 1.17. The van der Waals surface area contributed by atoms with E-state index >= 15 is 0 Å². The van der Waals surface area contributed by atoms with Gasteiger partial charge < -0.3 is 9.30 Å². The molecule has 1 saturated heterocycles. The third kappa shape index (κ3) is 2.80. The lowest BCUT2D eigenvalue weighted by Gasteiger charge is -2.23. The van der Waals surface area contributed by atoms with E-state index in [9.17, 15) is 0 Å². The topological polar surface area (TPSA) is 20.5 Å². The summed E-state index contributed by atoms with van der Waals surface area (Å²) in [5.41, 5.74) is 4.55. The lowest BCUT2D eigenvalue weighted by molar-refractivity contribution is 0.333. The zero-order chi connectivity index (χ0) is 16.7. The average molecular weight is 342 g/mol. The fourth-order valence-corrected chi connectivity index (χ4v) is 4.26. The minimum absolute atomic E-state index is 0.467. The van der Waals surface area contributed by atoms with Crippen LogP contribution in [-0.4, -0.2) is 34.4 Å². The Bertz CT molecular complexity index is 870. The summed E-state index contributed by atoms with van der Waals surface area (Å²) >= 11 is 6.20. The summed E-state index contributed by atoms with van der Waals surface area (Å²) < 4.78 is 2.24. The van der Waals surface area contributed by atoms with Crippen molar-refractivity contribution in [3.8, 4) is 0 Å². The molecular formula is C20H24ClN3. The van der Waals surface area contributed by atoms with Crippen molar-refractivity contribution in [2.24, 2.45) is 5.92 Å². The van der Waals surface area contributed by atoms with Gasteiger partial charge in [0, 0.05) is 17.1 Å². The molecule has 4 rings (SSSR count). The van der Waals surface area contributed by atoms with E-state index in [1.54, 1.807) is 0 Å². The minimum Gasteiger partial charge on any atom is -0.313 e. The van der Waals surface area contributed by atoms with Gasteiger partial charge in [-0.2, -0.15) is 0 Å². The molecule has 1 aliphatic rings. The number of fused-ring (bicyclic) bond motifs is 3. The molecule has 0 bridgehead atoms. The van der Waals surface area contributed by atoms with Crippen LogP contribution in [0.5, 0.6) is 0 Å². The summed E-state index contributed by atoms with van der Waals surface area (Å²) in [6.07, 6.45) is 5.95. The van der Waals surface area contributed by atoms with Crippen molar-refractivity contribution in [2.75, 3.05) is 20.1 Å². The van der Waals surface area contributed by atoms with E-state index in [0.717, 1.165) is 16.1 Å². The summed E-state index contributed by atoms with van der Waals surface area (Å²) in [5, 5.41) is 0.756. The van der Waals surface area contributed by atoms with Crippen LogP contribution < -0.4 is 0 Å². The van der Waals surface area contributed by atoms with Crippen LogP contribution in [0.3, 0.4) is 0 Å². The number of aromatic nitrogens is 2. The van der Waals surface area contributed by atoms with Crippen molar-refractivity contribution in [1.82, 2.24) is 14.3 Å². The molecule has 0 amide bonds. The Hall–Kier alpha value is -1.58. The van der Waals surface area contributed by atoms with Gasteiger partial charge in [0.25, 0.3) is 0 Å². The molecule has 0 spiro atoms. The van der Waals surface area contributed by atoms with E-state index in [0.29, 0.717) is 11.8 Å². The highest BCUT2D eigenvalue weighted by Crippen LogP contribution is 2.35. The molecule has 3 nitrogen and oxygen atoms in total. The van der Waals surface area contributed by atoms with Crippen molar-refractivity contribution < 1.29 is 0 Å². The number of halogens is 1. The highest BCUT2D eigenvalue weighted by Gasteiger charge is 2.25. The molecule has 2 unspecified atom stereocenters. The first-order valence-corrected chi connectivity index (χ1v) is 9.26.